The fourth-order valence-corrected chi connectivity index (χ4v) is 2.65. The number of nitrogens with one attached hydrogen (secondary N) is 1. The van der Waals surface area contributed by atoms with E-state index in [0.29, 0.717) is 10.8 Å². The molecule has 1 aromatic carbocycles. The summed E-state index contributed by atoms with van der Waals surface area (Å²) in [6.07, 6.45) is 5.70. The van der Waals surface area contributed by atoms with E-state index in [0.717, 1.165) is 43.1 Å². The quantitative estimate of drug-likeness (QED) is 0.611. The van der Waals surface area contributed by atoms with E-state index in [-0.39, 0.29) is 0 Å². The number of ether oxygens (including phenoxy) is 2. The molecule has 0 aliphatic carbocycles. The smallest absolute Gasteiger partial charge is 0.138 e. The highest BCUT2D eigenvalue weighted by Gasteiger charge is 2.07. The average molecular weight is 334 g/mol. The van der Waals surface area contributed by atoms with E-state index in [1.54, 1.807) is 20.3 Å². The van der Waals surface area contributed by atoms with Gasteiger partial charge in [0.25, 0.3) is 0 Å². The van der Waals surface area contributed by atoms with Gasteiger partial charge in [-0.05, 0) is 37.4 Å². The third-order valence-electron chi connectivity index (χ3n) is 3.35. The van der Waals surface area contributed by atoms with Gasteiger partial charge in [0.05, 0.1) is 18.7 Å². The van der Waals surface area contributed by atoms with Crippen molar-refractivity contribution < 1.29 is 9.47 Å². The lowest BCUT2D eigenvalue weighted by Crippen LogP contribution is -2.20. The molecule has 0 amide bonds. The van der Waals surface area contributed by atoms with Crippen molar-refractivity contribution >= 4 is 23.2 Å². The number of methoxy groups -OCH3 is 2. The summed E-state index contributed by atoms with van der Waals surface area (Å²) in [6, 6.07) is 3.70. The summed E-state index contributed by atoms with van der Waals surface area (Å²) in [4.78, 5) is 0. The van der Waals surface area contributed by atoms with Gasteiger partial charge in [0, 0.05) is 24.7 Å². The lowest BCUT2D eigenvalue weighted by Gasteiger charge is -2.09. The maximum Gasteiger partial charge on any atom is 0.138 e. The Morgan fingerprint density at radius 3 is 2.43 bits per heavy atom. The molecule has 3 nitrogen and oxygen atoms in total. The highest BCUT2D eigenvalue weighted by molar-refractivity contribution is 6.34. The van der Waals surface area contributed by atoms with Crippen molar-refractivity contribution in [1.29, 1.82) is 0 Å². The molecule has 0 aromatic heterocycles. The van der Waals surface area contributed by atoms with E-state index in [2.05, 4.69) is 5.32 Å². The van der Waals surface area contributed by atoms with Crippen molar-refractivity contribution in [3.8, 4) is 5.75 Å². The van der Waals surface area contributed by atoms with Crippen molar-refractivity contribution in [2.45, 2.75) is 32.1 Å². The first-order valence-corrected chi connectivity index (χ1v) is 8.16. The Labute approximate surface area is 137 Å². The van der Waals surface area contributed by atoms with Crippen LogP contribution in [0.25, 0.3) is 0 Å². The molecule has 1 N–H and O–H groups in total. The second kappa shape index (κ2) is 11.1. The second-order valence-corrected chi connectivity index (χ2v) is 5.80. The van der Waals surface area contributed by atoms with Crippen LogP contribution in [0.5, 0.6) is 5.75 Å². The fourth-order valence-electron chi connectivity index (χ4n) is 2.14. The number of hydrogen-bond donors (Lipinski definition) is 1. The van der Waals surface area contributed by atoms with Crippen molar-refractivity contribution in [2.24, 2.45) is 0 Å². The van der Waals surface area contributed by atoms with Gasteiger partial charge in [-0.15, -0.1) is 0 Å². The number of unbranched alkanes of at least 4 members (excludes halogenated alkanes) is 3. The van der Waals surface area contributed by atoms with Gasteiger partial charge in [0.15, 0.2) is 0 Å². The Bertz CT molecular complexity index is 414. The molecule has 1 aromatic rings. The van der Waals surface area contributed by atoms with Crippen LogP contribution in [-0.4, -0.2) is 33.9 Å². The Morgan fingerprint density at radius 1 is 0.952 bits per heavy atom. The van der Waals surface area contributed by atoms with Crippen LogP contribution in [0, 0.1) is 0 Å². The molecule has 120 valence electrons. The third kappa shape index (κ3) is 7.37. The van der Waals surface area contributed by atoms with E-state index in [9.17, 15) is 0 Å². The zero-order valence-electron chi connectivity index (χ0n) is 12.9. The van der Waals surface area contributed by atoms with E-state index >= 15 is 0 Å². The Morgan fingerprint density at radius 2 is 1.71 bits per heavy atom. The van der Waals surface area contributed by atoms with Gasteiger partial charge in [-0.2, -0.15) is 0 Å². The van der Waals surface area contributed by atoms with E-state index in [1.165, 1.54) is 19.3 Å². The van der Waals surface area contributed by atoms with Gasteiger partial charge in [0.2, 0.25) is 0 Å². The predicted octanol–water partition coefficient (Wildman–Crippen LogP) is 4.34. The summed E-state index contributed by atoms with van der Waals surface area (Å²) in [6.45, 7) is 2.76. The standard InChI is InChI=1S/C16H25Cl2NO2/c1-20-10-9-19-8-6-4-3-5-7-13-11-15(18)16(21-2)12-14(13)17/h11-12,19H,3-10H2,1-2H3. The largest absolute Gasteiger partial charge is 0.495 e. The van der Waals surface area contributed by atoms with Crippen molar-refractivity contribution in [1.82, 2.24) is 5.32 Å². The van der Waals surface area contributed by atoms with E-state index in [1.807, 2.05) is 6.07 Å². The lowest BCUT2D eigenvalue weighted by molar-refractivity contribution is 0.199. The number of hydrogen-bond acceptors (Lipinski definition) is 3. The lowest BCUT2D eigenvalue weighted by atomic mass is 10.1. The summed E-state index contributed by atoms with van der Waals surface area (Å²) in [7, 11) is 3.32. The molecule has 0 radical (unpaired) electrons. The number of aryl methyl sites for hydroxylation is 1. The van der Waals surface area contributed by atoms with Gasteiger partial charge in [-0.1, -0.05) is 36.0 Å². The molecule has 5 heteroatoms. The molecule has 0 saturated carbocycles. The molecule has 0 saturated heterocycles. The monoisotopic (exact) mass is 333 g/mol. The normalized spacial score (nSPS) is 10.9. The van der Waals surface area contributed by atoms with Crippen LogP contribution in [0.1, 0.15) is 31.2 Å². The molecule has 1 rings (SSSR count). The predicted molar refractivity (Wildman–Crippen MR) is 89.9 cm³/mol. The fraction of sp³-hybridized carbons (Fsp3) is 0.625. The summed E-state index contributed by atoms with van der Waals surface area (Å²) >= 11 is 12.4. The highest BCUT2D eigenvalue weighted by Crippen LogP contribution is 2.31. The molecule has 0 fully saturated rings. The molecular formula is C16H25Cl2NO2. The van der Waals surface area contributed by atoms with E-state index in [4.69, 9.17) is 32.7 Å². The summed E-state index contributed by atoms with van der Waals surface area (Å²) in [5.41, 5.74) is 1.10. The van der Waals surface area contributed by atoms with Gasteiger partial charge < -0.3 is 14.8 Å². The number of halogens is 2. The Kier molecular flexibility index (Phi) is 9.85. The minimum atomic E-state index is 0.624. The molecule has 0 bridgehead atoms. The summed E-state index contributed by atoms with van der Waals surface area (Å²) in [5.74, 6) is 0.632. The van der Waals surface area contributed by atoms with Crippen LogP contribution in [0.15, 0.2) is 12.1 Å². The second-order valence-electron chi connectivity index (χ2n) is 4.99. The Balaban J connectivity index is 2.17. The molecule has 0 aliphatic heterocycles. The molecule has 0 aliphatic rings. The summed E-state index contributed by atoms with van der Waals surface area (Å²) in [5, 5.41) is 4.70. The van der Waals surface area contributed by atoms with Crippen molar-refractivity contribution in [2.75, 3.05) is 33.9 Å². The molecule has 0 heterocycles. The molecule has 21 heavy (non-hydrogen) atoms. The highest BCUT2D eigenvalue weighted by atomic mass is 35.5. The first kappa shape index (κ1) is 18.6. The van der Waals surface area contributed by atoms with E-state index < -0.39 is 0 Å². The van der Waals surface area contributed by atoms with Gasteiger partial charge >= 0.3 is 0 Å². The number of benzene rings is 1. The first-order chi connectivity index (χ1) is 10.2. The van der Waals surface area contributed by atoms with Crippen LogP contribution >= 0.6 is 23.2 Å². The van der Waals surface area contributed by atoms with Crippen LogP contribution < -0.4 is 10.1 Å². The topological polar surface area (TPSA) is 30.5 Å². The van der Waals surface area contributed by atoms with Crippen LogP contribution in [0.2, 0.25) is 10.0 Å². The molecule has 0 unspecified atom stereocenters. The maximum atomic E-state index is 6.23. The molecule has 0 spiro atoms. The minimum Gasteiger partial charge on any atom is -0.495 e. The molecular weight excluding hydrogens is 309 g/mol. The van der Waals surface area contributed by atoms with Gasteiger partial charge in [-0.25, -0.2) is 0 Å². The van der Waals surface area contributed by atoms with Crippen LogP contribution in [0.3, 0.4) is 0 Å². The van der Waals surface area contributed by atoms with Gasteiger partial charge in [0.1, 0.15) is 5.75 Å². The van der Waals surface area contributed by atoms with Crippen LogP contribution in [0.4, 0.5) is 0 Å². The van der Waals surface area contributed by atoms with Crippen molar-refractivity contribution in [3.63, 3.8) is 0 Å². The van der Waals surface area contributed by atoms with Crippen molar-refractivity contribution in [3.05, 3.63) is 27.7 Å². The SMILES string of the molecule is COCCNCCCCCCc1cc(Cl)c(OC)cc1Cl. The first-order valence-electron chi connectivity index (χ1n) is 7.40. The average Bonchev–Trinajstić information content (AvgIpc) is 2.48. The van der Waals surface area contributed by atoms with Crippen LogP contribution in [-0.2, 0) is 11.2 Å². The Hall–Kier alpha value is -0.480. The summed E-state index contributed by atoms with van der Waals surface area (Å²) < 4.78 is 10.1. The maximum absolute atomic E-state index is 6.23. The van der Waals surface area contributed by atoms with Gasteiger partial charge in [-0.3, -0.25) is 0 Å². The molecule has 0 atom stereocenters. The minimum absolute atomic E-state index is 0.624. The third-order valence-corrected chi connectivity index (χ3v) is 4.00. The number of rotatable bonds is 11. The zero-order chi connectivity index (χ0) is 15.5. The zero-order valence-corrected chi connectivity index (χ0v) is 14.4.